The minimum absolute atomic E-state index is 0.153. The summed E-state index contributed by atoms with van der Waals surface area (Å²) in [7, 11) is 1.43. The summed E-state index contributed by atoms with van der Waals surface area (Å²) >= 11 is 0. The average Bonchev–Trinajstić information content (AvgIpc) is 2.94. The number of carboxylic acid groups (broad SMARTS) is 1. The zero-order valence-electron chi connectivity index (χ0n) is 15.1. The van der Waals surface area contributed by atoms with Gasteiger partial charge in [-0.1, -0.05) is 13.0 Å². The van der Waals surface area contributed by atoms with Gasteiger partial charge in [0.2, 0.25) is 0 Å². The lowest BCUT2D eigenvalue weighted by Gasteiger charge is -2.35. The fraction of sp³-hybridized carbons (Fsp3) is 0.500. The van der Waals surface area contributed by atoms with Crippen LogP contribution in [0.2, 0.25) is 0 Å². The number of hydrogen-bond donors (Lipinski definition) is 1. The standard InChI is InChI=1S/C18H23FN4O3/c1-11(6-13-4-5-16(26-3)14(19)7-13)8-22-10-17-21-20-12(2)23(17)9-15(22)18(24)25/h4-5,7,11,15H,6,8-10H2,1-3H3,(H,24,25). The Kier molecular flexibility index (Phi) is 5.22. The summed E-state index contributed by atoms with van der Waals surface area (Å²) in [6.07, 6.45) is 0.648. The Bertz CT molecular complexity index is 808. The van der Waals surface area contributed by atoms with Crippen molar-refractivity contribution in [3.05, 3.63) is 41.2 Å². The fourth-order valence-corrected chi connectivity index (χ4v) is 3.49. The number of nitrogens with zero attached hydrogens (tertiary/aromatic N) is 4. The molecule has 0 fully saturated rings. The van der Waals surface area contributed by atoms with Crippen molar-refractivity contribution in [3.63, 3.8) is 0 Å². The molecule has 2 heterocycles. The first-order valence-corrected chi connectivity index (χ1v) is 8.57. The first-order chi connectivity index (χ1) is 12.4. The molecule has 2 atom stereocenters. The predicted molar refractivity (Wildman–Crippen MR) is 92.4 cm³/mol. The largest absolute Gasteiger partial charge is 0.494 e. The van der Waals surface area contributed by atoms with Gasteiger partial charge in [0.15, 0.2) is 11.6 Å². The van der Waals surface area contributed by atoms with Gasteiger partial charge in [-0.3, -0.25) is 9.69 Å². The normalized spacial score (nSPS) is 18.4. The van der Waals surface area contributed by atoms with Crippen LogP contribution in [0.25, 0.3) is 0 Å². The van der Waals surface area contributed by atoms with Crippen molar-refractivity contribution in [2.45, 2.75) is 39.4 Å². The molecule has 1 aromatic carbocycles. The van der Waals surface area contributed by atoms with E-state index in [1.54, 1.807) is 6.07 Å². The molecule has 0 radical (unpaired) electrons. The Labute approximate surface area is 151 Å². The van der Waals surface area contributed by atoms with Crippen molar-refractivity contribution < 1.29 is 19.0 Å². The summed E-state index contributed by atoms with van der Waals surface area (Å²) in [5.74, 6) is 0.641. The van der Waals surface area contributed by atoms with E-state index in [0.29, 0.717) is 26.1 Å². The van der Waals surface area contributed by atoms with E-state index in [9.17, 15) is 14.3 Å². The van der Waals surface area contributed by atoms with Crippen LogP contribution in [0.3, 0.4) is 0 Å². The summed E-state index contributed by atoms with van der Waals surface area (Å²) in [4.78, 5) is 13.6. The third kappa shape index (κ3) is 3.70. The van der Waals surface area contributed by atoms with E-state index in [1.807, 2.05) is 29.4 Å². The number of carboxylic acids is 1. The van der Waals surface area contributed by atoms with E-state index < -0.39 is 12.0 Å². The van der Waals surface area contributed by atoms with Gasteiger partial charge in [-0.15, -0.1) is 10.2 Å². The van der Waals surface area contributed by atoms with Crippen molar-refractivity contribution in [1.29, 1.82) is 0 Å². The van der Waals surface area contributed by atoms with E-state index in [1.165, 1.54) is 13.2 Å². The van der Waals surface area contributed by atoms with Crippen LogP contribution in [0, 0.1) is 18.7 Å². The van der Waals surface area contributed by atoms with Crippen LogP contribution in [0.15, 0.2) is 18.2 Å². The SMILES string of the molecule is COc1ccc(CC(C)CN2Cc3nnc(C)n3CC2C(=O)O)cc1F. The number of halogens is 1. The Morgan fingerprint density at radius 1 is 1.46 bits per heavy atom. The third-order valence-electron chi connectivity index (χ3n) is 4.78. The molecule has 3 rings (SSSR count). The second-order valence-corrected chi connectivity index (χ2v) is 6.84. The number of hydrogen-bond acceptors (Lipinski definition) is 5. The number of rotatable bonds is 6. The van der Waals surface area contributed by atoms with Gasteiger partial charge in [0.1, 0.15) is 17.7 Å². The van der Waals surface area contributed by atoms with Gasteiger partial charge < -0.3 is 14.4 Å². The van der Waals surface area contributed by atoms with Crippen LogP contribution in [0.4, 0.5) is 4.39 Å². The van der Waals surface area contributed by atoms with Crippen LogP contribution in [-0.2, 0) is 24.3 Å². The molecule has 26 heavy (non-hydrogen) atoms. The van der Waals surface area contributed by atoms with Crippen molar-refractivity contribution in [1.82, 2.24) is 19.7 Å². The molecule has 1 N–H and O–H groups in total. The molecule has 7 nitrogen and oxygen atoms in total. The molecule has 2 unspecified atom stereocenters. The van der Waals surface area contributed by atoms with E-state index in [0.717, 1.165) is 17.2 Å². The zero-order valence-corrected chi connectivity index (χ0v) is 15.1. The molecule has 0 spiro atoms. The van der Waals surface area contributed by atoms with E-state index in [4.69, 9.17) is 4.74 Å². The highest BCUT2D eigenvalue weighted by Gasteiger charge is 2.33. The van der Waals surface area contributed by atoms with Crippen molar-refractivity contribution in [3.8, 4) is 5.75 Å². The third-order valence-corrected chi connectivity index (χ3v) is 4.78. The quantitative estimate of drug-likeness (QED) is 0.845. The van der Waals surface area contributed by atoms with Crippen LogP contribution < -0.4 is 4.74 Å². The molecular formula is C18H23FN4O3. The maximum atomic E-state index is 13.9. The van der Waals surface area contributed by atoms with Crippen LogP contribution in [-0.4, -0.2) is 50.4 Å². The van der Waals surface area contributed by atoms with Crippen LogP contribution in [0.1, 0.15) is 24.1 Å². The van der Waals surface area contributed by atoms with Crippen molar-refractivity contribution in [2.75, 3.05) is 13.7 Å². The molecule has 2 aromatic rings. The number of methoxy groups -OCH3 is 1. The lowest BCUT2D eigenvalue weighted by Crippen LogP contribution is -2.49. The van der Waals surface area contributed by atoms with Gasteiger partial charge in [-0.05, 0) is 37.0 Å². The Morgan fingerprint density at radius 2 is 2.23 bits per heavy atom. The molecule has 1 aromatic heterocycles. The van der Waals surface area contributed by atoms with Gasteiger partial charge >= 0.3 is 5.97 Å². The molecule has 0 amide bonds. The highest BCUT2D eigenvalue weighted by Crippen LogP contribution is 2.23. The minimum atomic E-state index is -0.855. The molecule has 140 valence electrons. The second kappa shape index (κ2) is 7.41. The highest BCUT2D eigenvalue weighted by molar-refractivity contribution is 5.73. The Balaban J connectivity index is 1.70. The summed E-state index contributed by atoms with van der Waals surface area (Å²) in [5, 5.41) is 17.8. The summed E-state index contributed by atoms with van der Waals surface area (Å²) in [6.45, 7) is 5.22. The lowest BCUT2D eigenvalue weighted by molar-refractivity contribution is -0.145. The molecular weight excluding hydrogens is 339 g/mol. The fourth-order valence-electron chi connectivity index (χ4n) is 3.49. The van der Waals surface area contributed by atoms with Crippen LogP contribution in [0.5, 0.6) is 5.75 Å². The molecule has 0 aliphatic carbocycles. The smallest absolute Gasteiger partial charge is 0.322 e. The number of aliphatic carboxylic acids is 1. The van der Waals surface area contributed by atoms with E-state index in [-0.39, 0.29) is 17.5 Å². The van der Waals surface area contributed by atoms with Gasteiger partial charge in [-0.2, -0.15) is 0 Å². The number of fused-ring (bicyclic) bond motifs is 1. The lowest BCUT2D eigenvalue weighted by atomic mass is 9.99. The van der Waals surface area contributed by atoms with Crippen molar-refractivity contribution >= 4 is 5.97 Å². The van der Waals surface area contributed by atoms with Gasteiger partial charge in [0, 0.05) is 6.54 Å². The Morgan fingerprint density at radius 3 is 2.88 bits per heavy atom. The van der Waals surface area contributed by atoms with Gasteiger partial charge in [0.25, 0.3) is 0 Å². The van der Waals surface area contributed by atoms with E-state index >= 15 is 0 Å². The monoisotopic (exact) mass is 362 g/mol. The maximum absolute atomic E-state index is 13.9. The minimum Gasteiger partial charge on any atom is -0.494 e. The molecule has 8 heteroatoms. The second-order valence-electron chi connectivity index (χ2n) is 6.84. The molecule has 1 aliphatic heterocycles. The number of carbonyl (C=O) groups is 1. The summed E-state index contributed by atoms with van der Waals surface area (Å²) < 4.78 is 20.7. The van der Waals surface area contributed by atoms with Gasteiger partial charge in [0.05, 0.1) is 20.2 Å². The summed E-state index contributed by atoms with van der Waals surface area (Å²) in [6, 6.07) is 4.31. The highest BCUT2D eigenvalue weighted by atomic mass is 19.1. The zero-order chi connectivity index (χ0) is 18.8. The topological polar surface area (TPSA) is 80.5 Å². The molecule has 0 saturated carbocycles. The number of aryl methyl sites for hydroxylation is 1. The number of aromatic nitrogens is 3. The molecule has 1 aliphatic rings. The van der Waals surface area contributed by atoms with Crippen molar-refractivity contribution in [2.24, 2.45) is 5.92 Å². The van der Waals surface area contributed by atoms with Crippen LogP contribution >= 0.6 is 0 Å². The number of ether oxygens (including phenoxy) is 1. The maximum Gasteiger partial charge on any atom is 0.322 e. The Hall–Kier alpha value is -2.48. The van der Waals surface area contributed by atoms with Gasteiger partial charge in [-0.25, -0.2) is 4.39 Å². The molecule has 0 saturated heterocycles. The first kappa shape index (κ1) is 18.3. The summed E-state index contributed by atoms with van der Waals surface area (Å²) in [5.41, 5.74) is 0.860. The molecule has 0 bridgehead atoms. The van der Waals surface area contributed by atoms with E-state index in [2.05, 4.69) is 10.2 Å². The first-order valence-electron chi connectivity index (χ1n) is 8.57. The predicted octanol–water partition coefficient (Wildman–Crippen LogP) is 1.88. The number of benzene rings is 1. The average molecular weight is 362 g/mol.